The minimum Gasteiger partial charge on any atom is -0.489 e. The van der Waals surface area contributed by atoms with Gasteiger partial charge in [0.1, 0.15) is 23.9 Å². The van der Waals surface area contributed by atoms with E-state index in [0.29, 0.717) is 35.9 Å². The molecule has 0 unspecified atom stereocenters. The molecule has 158 valence electrons. The first-order chi connectivity index (χ1) is 15.1. The van der Waals surface area contributed by atoms with Crippen molar-refractivity contribution in [3.05, 3.63) is 83.9 Å². The van der Waals surface area contributed by atoms with E-state index in [2.05, 4.69) is 0 Å². The molecule has 3 aromatic rings. The molecule has 6 heteroatoms. The maximum absolute atomic E-state index is 12.6. The molecule has 1 aliphatic heterocycles. The molecule has 0 aromatic heterocycles. The highest BCUT2D eigenvalue weighted by atomic mass is 16.5. The zero-order chi connectivity index (χ0) is 21.6. The third-order valence-electron chi connectivity index (χ3n) is 4.98. The molecule has 1 amide bonds. The van der Waals surface area contributed by atoms with Crippen LogP contribution in [0.15, 0.2) is 72.8 Å². The van der Waals surface area contributed by atoms with Gasteiger partial charge in [0, 0.05) is 12.1 Å². The minimum atomic E-state index is -0.179. The topological polar surface area (TPSA) is 65.1 Å². The van der Waals surface area contributed by atoms with Gasteiger partial charge in [0.05, 0.1) is 5.69 Å². The van der Waals surface area contributed by atoms with Gasteiger partial charge in [-0.05, 0) is 55.0 Å². The number of amides is 1. The van der Waals surface area contributed by atoms with Gasteiger partial charge < -0.3 is 19.1 Å². The Kier molecular flexibility index (Phi) is 6.17. The van der Waals surface area contributed by atoms with Gasteiger partial charge in [0.15, 0.2) is 19.0 Å². The van der Waals surface area contributed by atoms with E-state index < -0.39 is 0 Å². The Morgan fingerprint density at radius 2 is 1.68 bits per heavy atom. The van der Waals surface area contributed by atoms with E-state index in [0.717, 1.165) is 11.3 Å². The number of carbonyl (C=O) groups is 2. The standard InChI is InChI=1S/C25H23NO5/c1-2-26-22-14-19(8-13-24(22)31-17-25(26)28)23(27)16-30-21-11-9-20(10-12-21)29-15-18-6-4-3-5-7-18/h3-14H,2,15-17H2,1H3. The first-order valence-corrected chi connectivity index (χ1v) is 10.1. The van der Waals surface area contributed by atoms with E-state index in [1.807, 2.05) is 49.4 Å². The van der Waals surface area contributed by atoms with Gasteiger partial charge in [-0.25, -0.2) is 0 Å². The Labute approximate surface area is 181 Å². The van der Waals surface area contributed by atoms with Gasteiger partial charge >= 0.3 is 0 Å². The Balaban J connectivity index is 1.34. The monoisotopic (exact) mass is 417 g/mol. The highest BCUT2D eigenvalue weighted by Gasteiger charge is 2.25. The molecule has 4 rings (SSSR count). The fourth-order valence-electron chi connectivity index (χ4n) is 3.33. The molecule has 1 heterocycles. The molecule has 0 fully saturated rings. The highest BCUT2D eigenvalue weighted by molar-refractivity contribution is 6.02. The maximum atomic E-state index is 12.6. The molecule has 3 aromatic carbocycles. The van der Waals surface area contributed by atoms with E-state index in [1.54, 1.807) is 35.2 Å². The molecule has 1 aliphatic rings. The van der Waals surface area contributed by atoms with E-state index in [-0.39, 0.29) is 24.9 Å². The molecule has 6 nitrogen and oxygen atoms in total. The quantitative estimate of drug-likeness (QED) is 0.512. The average Bonchev–Trinajstić information content (AvgIpc) is 2.82. The van der Waals surface area contributed by atoms with Crippen molar-refractivity contribution in [3.8, 4) is 17.2 Å². The SMILES string of the molecule is CCN1C(=O)COc2ccc(C(=O)COc3ccc(OCc4ccccc4)cc3)cc21. The van der Waals surface area contributed by atoms with Crippen LogP contribution in [-0.4, -0.2) is 31.4 Å². The van der Waals surface area contributed by atoms with Crippen LogP contribution >= 0.6 is 0 Å². The first kappa shape index (κ1) is 20.5. The average molecular weight is 417 g/mol. The summed E-state index contributed by atoms with van der Waals surface area (Å²) in [6, 6.07) is 22.2. The summed E-state index contributed by atoms with van der Waals surface area (Å²) in [6.45, 7) is 2.80. The molecule has 0 N–H and O–H groups in total. The second-order valence-corrected chi connectivity index (χ2v) is 7.07. The molecule has 0 saturated carbocycles. The predicted octanol–water partition coefficient (Wildman–Crippen LogP) is 4.27. The number of Topliss-reactive ketones (excluding diaryl/α,β-unsaturated/α-hetero) is 1. The summed E-state index contributed by atoms with van der Waals surface area (Å²) in [5.74, 6) is 1.60. The first-order valence-electron chi connectivity index (χ1n) is 10.1. The number of nitrogens with zero attached hydrogens (tertiary/aromatic N) is 1. The van der Waals surface area contributed by atoms with Crippen LogP contribution in [0.25, 0.3) is 0 Å². The summed E-state index contributed by atoms with van der Waals surface area (Å²) in [5.41, 5.74) is 2.18. The fraction of sp³-hybridized carbons (Fsp3) is 0.200. The summed E-state index contributed by atoms with van der Waals surface area (Å²) >= 11 is 0. The summed E-state index contributed by atoms with van der Waals surface area (Å²) in [7, 11) is 0. The Morgan fingerprint density at radius 1 is 0.968 bits per heavy atom. The third-order valence-corrected chi connectivity index (χ3v) is 4.98. The van der Waals surface area contributed by atoms with Crippen molar-refractivity contribution >= 4 is 17.4 Å². The Bertz CT molecular complexity index is 1060. The summed E-state index contributed by atoms with van der Waals surface area (Å²) in [5, 5.41) is 0. The van der Waals surface area contributed by atoms with Crippen LogP contribution in [0.3, 0.4) is 0 Å². The zero-order valence-electron chi connectivity index (χ0n) is 17.2. The van der Waals surface area contributed by atoms with Crippen molar-refractivity contribution in [1.82, 2.24) is 0 Å². The number of ketones is 1. The molecule has 0 saturated heterocycles. The second kappa shape index (κ2) is 9.34. The van der Waals surface area contributed by atoms with Crippen molar-refractivity contribution in [2.75, 3.05) is 24.7 Å². The molecule has 0 aliphatic carbocycles. The van der Waals surface area contributed by atoms with Crippen LogP contribution in [0.1, 0.15) is 22.8 Å². The molecule has 31 heavy (non-hydrogen) atoms. The zero-order valence-corrected chi connectivity index (χ0v) is 17.2. The Morgan fingerprint density at radius 3 is 2.39 bits per heavy atom. The number of anilines is 1. The molecular weight excluding hydrogens is 394 g/mol. The molecular formula is C25H23NO5. The van der Waals surface area contributed by atoms with Crippen molar-refractivity contribution in [3.63, 3.8) is 0 Å². The van der Waals surface area contributed by atoms with Gasteiger partial charge in [-0.3, -0.25) is 9.59 Å². The van der Waals surface area contributed by atoms with Crippen molar-refractivity contribution in [2.45, 2.75) is 13.5 Å². The number of fused-ring (bicyclic) bond motifs is 1. The molecule has 0 spiro atoms. The number of benzene rings is 3. The lowest BCUT2D eigenvalue weighted by Crippen LogP contribution is -2.38. The van der Waals surface area contributed by atoms with Crippen LogP contribution in [0.5, 0.6) is 17.2 Å². The van der Waals surface area contributed by atoms with Gasteiger partial charge in [0.2, 0.25) is 0 Å². The number of hydrogen-bond acceptors (Lipinski definition) is 5. The lowest BCUT2D eigenvalue weighted by Gasteiger charge is -2.28. The number of rotatable bonds is 8. The molecule has 0 atom stereocenters. The summed E-state index contributed by atoms with van der Waals surface area (Å²) in [4.78, 5) is 26.2. The van der Waals surface area contributed by atoms with E-state index in [1.165, 1.54) is 0 Å². The van der Waals surface area contributed by atoms with E-state index in [9.17, 15) is 9.59 Å². The molecule has 0 bridgehead atoms. The van der Waals surface area contributed by atoms with Crippen molar-refractivity contribution < 1.29 is 23.8 Å². The second-order valence-electron chi connectivity index (χ2n) is 7.07. The number of carbonyl (C=O) groups excluding carboxylic acids is 2. The third kappa shape index (κ3) is 4.86. The van der Waals surface area contributed by atoms with Crippen LogP contribution in [-0.2, 0) is 11.4 Å². The van der Waals surface area contributed by atoms with E-state index >= 15 is 0 Å². The smallest absolute Gasteiger partial charge is 0.265 e. The minimum absolute atomic E-state index is 0.0162. The normalized spacial score (nSPS) is 12.7. The van der Waals surface area contributed by atoms with Crippen LogP contribution in [0.2, 0.25) is 0 Å². The lowest BCUT2D eigenvalue weighted by molar-refractivity contribution is -0.121. The summed E-state index contributed by atoms with van der Waals surface area (Å²) in [6.07, 6.45) is 0. The number of hydrogen-bond donors (Lipinski definition) is 0. The van der Waals surface area contributed by atoms with Gasteiger partial charge in [0.25, 0.3) is 5.91 Å². The largest absolute Gasteiger partial charge is 0.489 e. The van der Waals surface area contributed by atoms with Crippen molar-refractivity contribution in [1.29, 1.82) is 0 Å². The molecule has 0 radical (unpaired) electrons. The fourth-order valence-corrected chi connectivity index (χ4v) is 3.33. The summed E-state index contributed by atoms with van der Waals surface area (Å²) < 4.78 is 16.8. The van der Waals surface area contributed by atoms with Gasteiger partial charge in [-0.15, -0.1) is 0 Å². The number of likely N-dealkylation sites (N-methyl/N-ethyl adjacent to an activating group) is 1. The van der Waals surface area contributed by atoms with Crippen LogP contribution in [0.4, 0.5) is 5.69 Å². The lowest BCUT2D eigenvalue weighted by atomic mass is 10.1. The van der Waals surface area contributed by atoms with Crippen molar-refractivity contribution in [2.24, 2.45) is 0 Å². The van der Waals surface area contributed by atoms with Crippen LogP contribution < -0.4 is 19.1 Å². The van der Waals surface area contributed by atoms with E-state index in [4.69, 9.17) is 14.2 Å². The number of ether oxygens (including phenoxy) is 3. The maximum Gasteiger partial charge on any atom is 0.265 e. The predicted molar refractivity (Wildman–Crippen MR) is 117 cm³/mol. The van der Waals surface area contributed by atoms with Crippen LogP contribution in [0, 0.1) is 0 Å². The van der Waals surface area contributed by atoms with Gasteiger partial charge in [-0.1, -0.05) is 30.3 Å². The Hall–Kier alpha value is -3.80. The highest BCUT2D eigenvalue weighted by Crippen LogP contribution is 2.33. The van der Waals surface area contributed by atoms with Gasteiger partial charge in [-0.2, -0.15) is 0 Å².